The molecule has 0 radical (unpaired) electrons. The summed E-state index contributed by atoms with van der Waals surface area (Å²) in [4.78, 5) is 0. The van der Waals surface area contributed by atoms with Gasteiger partial charge < -0.3 is 9.47 Å². The van der Waals surface area contributed by atoms with Crippen molar-refractivity contribution >= 4 is 11.2 Å². The molecule has 0 amide bonds. The maximum Gasteiger partial charge on any atom is 0.205 e. The second kappa shape index (κ2) is 3.41. The van der Waals surface area contributed by atoms with Crippen molar-refractivity contribution in [2.75, 3.05) is 25.2 Å². The van der Waals surface area contributed by atoms with Crippen LogP contribution in [0.3, 0.4) is 0 Å². The van der Waals surface area contributed by atoms with Crippen molar-refractivity contribution in [2.24, 2.45) is 0 Å². The fraction of sp³-hybridized carbons (Fsp3) is 1.00. The number of hydrogen-bond acceptors (Lipinski definition) is 3. The predicted octanol–water partition coefficient (Wildman–Crippen LogP) is 0.0804. The van der Waals surface area contributed by atoms with E-state index in [1.54, 1.807) is 7.11 Å². The van der Waals surface area contributed by atoms with E-state index in [1.807, 2.05) is 0 Å². The summed E-state index contributed by atoms with van der Waals surface area (Å²) in [5, 5.41) is 0. The van der Waals surface area contributed by atoms with Gasteiger partial charge in [0.1, 0.15) is 0 Å². The molecule has 54 valence electrons. The van der Waals surface area contributed by atoms with Crippen LogP contribution in [0.5, 0.6) is 0 Å². The molecule has 3 nitrogen and oxygen atoms in total. The molecule has 1 aliphatic rings. The van der Waals surface area contributed by atoms with Crippen molar-refractivity contribution in [2.45, 2.75) is 6.29 Å². The van der Waals surface area contributed by atoms with Crippen LogP contribution in [0.2, 0.25) is 0 Å². The zero-order valence-electron chi connectivity index (χ0n) is 5.37. The molecule has 2 unspecified atom stereocenters. The number of ether oxygens (including phenoxy) is 2. The summed E-state index contributed by atoms with van der Waals surface area (Å²) in [6.07, 6.45) is -0.174. The molecule has 0 aromatic rings. The number of rotatable bonds is 1. The van der Waals surface area contributed by atoms with Crippen molar-refractivity contribution in [1.82, 2.24) is 0 Å². The normalized spacial score (nSPS) is 36.7. The lowest BCUT2D eigenvalue weighted by Gasteiger charge is -2.17. The highest BCUT2D eigenvalue weighted by molar-refractivity contribution is 7.91. The summed E-state index contributed by atoms with van der Waals surface area (Å²) in [7, 11) is 1.59. The van der Waals surface area contributed by atoms with Crippen LogP contribution < -0.4 is 0 Å². The minimum atomic E-state index is -0.470. The van der Waals surface area contributed by atoms with Crippen molar-refractivity contribution in [3.63, 3.8) is 0 Å². The van der Waals surface area contributed by atoms with Crippen molar-refractivity contribution in [3.8, 4) is 0 Å². The van der Waals surface area contributed by atoms with Crippen LogP contribution in [0.25, 0.3) is 0 Å². The lowest BCUT2D eigenvalue weighted by atomic mass is 10.7. The third-order valence-corrected chi connectivity index (χ3v) is 2.51. The Morgan fingerprint density at radius 3 is 3.00 bits per heavy atom. The van der Waals surface area contributed by atoms with Crippen LogP contribution in [0, 0.1) is 0 Å². The van der Waals surface area contributed by atoms with Crippen LogP contribution in [-0.2, 0) is 20.6 Å². The highest BCUT2D eigenvalue weighted by Gasteiger charge is 2.28. The van der Waals surface area contributed by atoms with Gasteiger partial charge in [0.05, 0.1) is 6.61 Å². The Morgan fingerprint density at radius 2 is 2.56 bits per heavy atom. The third-order valence-electron chi connectivity index (χ3n) is 1.21. The summed E-state index contributed by atoms with van der Waals surface area (Å²) in [6.45, 7) is 0.623. The SMILES string of the molecule is COC1C[S+](O)CCO1. The van der Waals surface area contributed by atoms with Crippen LogP contribution >= 0.6 is 0 Å². The minimum absolute atomic E-state index is 0.174. The highest BCUT2D eigenvalue weighted by Crippen LogP contribution is 2.06. The smallest absolute Gasteiger partial charge is 0.205 e. The van der Waals surface area contributed by atoms with Gasteiger partial charge in [0, 0.05) is 7.11 Å². The molecule has 0 aliphatic carbocycles. The van der Waals surface area contributed by atoms with Gasteiger partial charge in [0.25, 0.3) is 0 Å². The first-order valence-electron chi connectivity index (χ1n) is 2.84. The molecule has 1 heterocycles. The number of hydrogen-bond donors (Lipinski definition) is 1. The van der Waals surface area contributed by atoms with E-state index >= 15 is 0 Å². The Labute approximate surface area is 57.5 Å². The summed E-state index contributed by atoms with van der Waals surface area (Å²) in [5.74, 6) is 1.40. The Morgan fingerprint density at radius 1 is 1.78 bits per heavy atom. The first-order valence-corrected chi connectivity index (χ1v) is 4.36. The van der Waals surface area contributed by atoms with Crippen LogP contribution in [0.4, 0.5) is 0 Å². The van der Waals surface area contributed by atoms with Crippen molar-refractivity contribution in [1.29, 1.82) is 0 Å². The van der Waals surface area contributed by atoms with E-state index in [1.165, 1.54) is 0 Å². The molecule has 2 atom stereocenters. The van der Waals surface area contributed by atoms with Gasteiger partial charge in [-0.1, -0.05) is 0 Å². The van der Waals surface area contributed by atoms with Crippen molar-refractivity contribution < 1.29 is 14.0 Å². The molecule has 4 heteroatoms. The molecule has 0 aromatic heterocycles. The zero-order chi connectivity index (χ0) is 6.69. The van der Waals surface area contributed by atoms with Crippen LogP contribution in [-0.4, -0.2) is 36.1 Å². The predicted molar refractivity (Wildman–Crippen MR) is 36.5 cm³/mol. The van der Waals surface area contributed by atoms with E-state index in [0.717, 1.165) is 5.75 Å². The van der Waals surface area contributed by atoms with E-state index in [2.05, 4.69) is 0 Å². The van der Waals surface area contributed by atoms with Gasteiger partial charge in [0.15, 0.2) is 22.7 Å². The van der Waals surface area contributed by atoms with Gasteiger partial charge in [-0.3, -0.25) is 0 Å². The zero-order valence-corrected chi connectivity index (χ0v) is 6.19. The van der Waals surface area contributed by atoms with E-state index in [9.17, 15) is 0 Å². The van der Waals surface area contributed by atoms with Gasteiger partial charge in [-0.25, -0.2) is 0 Å². The molecule has 1 N–H and O–H groups in total. The molecule has 1 rings (SSSR count). The largest absolute Gasteiger partial charge is 0.352 e. The van der Waals surface area contributed by atoms with Crippen LogP contribution in [0.1, 0.15) is 0 Å². The fourth-order valence-electron chi connectivity index (χ4n) is 0.700. The maximum absolute atomic E-state index is 9.08. The molecule has 1 aliphatic heterocycles. The lowest BCUT2D eigenvalue weighted by Crippen LogP contribution is -2.35. The molecule has 0 saturated carbocycles. The van der Waals surface area contributed by atoms with Gasteiger partial charge in [-0.15, -0.1) is 0 Å². The van der Waals surface area contributed by atoms with Gasteiger partial charge in [-0.2, -0.15) is 4.55 Å². The molecule has 9 heavy (non-hydrogen) atoms. The summed E-state index contributed by atoms with van der Waals surface area (Å²) < 4.78 is 19.1. The summed E-state index contributed by atoms with van der Waals surface area (Å²) in [6, 6.07) is 0. The Bertz CT molecular complexity index is 88.3. The minimum Gasteiger partial charge on any atom is -0.352 e. The standard InChI is InChI=1S/C5H11O3S/c1-7-5-4-9(6)3-2-8-5/h5-6H,2-4H2,1H3/q+1. The van der Waals surface area contributed by atoms with Gasteiger partial charge >= 0.3 is 0 Å². The maximum atomic E-state index is 9.08. The number of methoxy groups -OCH3 is 1. The molecule has 1 saturated heterocycles. The fourth-order valence-corrected chi connectivity index (χ4v) is 1.70. The van der Waals surface area contributed by atoms with E-state index in [-0.39, 0.29) is 6.29 Å². The average Bonchev–Trinajstić information content (AvgIpc) is 1.88. The Kier molecular flexibility index (Phi) is 2.78. The third kappa shape index (κ3) is 2.14. The summed E-state index contributed by atoms with van der Waals surface area (Å²) in [5.41, 5.74) is 0. The van der Waals surface area contributed by atoms with Gasteiger partial charge in [0.2, 0.25) is 6.29 Å². The quantitative estimate of drug-likeness (QED) is 0.539. The monoisotopic (exact) mass is 151 g/mol. The topological polar surface area (TPSA) is 38.7 Å². The summed E-state index contributed by atoms with van der Waals surface area (Å²) >= 11 is -0.470. The van der Waals surface area contributed by atoms with E-state index < -0.39 is 11.2 Å². The average molecular weight is 151 g/mol. The molecular weight excluding hydrogens is 140 g/mol. The second-order valence-electron chi connectivity index (χ2n) is 1.87. The molecule has 0 bridgehead atoms. The first-order chi connectivity index (χ1) is 4.33. The van der Waals surface area contributed by atoms with Crippen LogP contribution in [0.15, 0.2) is 0 Å². The van der Waals surface area contributed by atoms with E-state index in [4.69, 9.17) is 14.0 Å². The molecule has 1 fully saturated rings. The first kappa shape index (κ1) is 7.34. The molecule has 0 aromatic carbocycles. The van der Waals surface area contributed by atoms with Crippen molar-refractivity contribution in [3.05, 3.63) is 0 Å². The van der Waals surface area contributed by atoms with Gasteiger partial charge in [-0.05, 0) is 0 Å². The molecule has 0 spiro atoms. The second-order valence-corrected chi connectivity index (χ2v) is 3.54. The van der Waals surface area contributed by atoms with E-state index in [0.29, 0.717) is 12.4 Å². The lowest BCUT2D eigenvalue weighted by molar-refractivity contribution is -0.108. The Balaban J connectivity index is 2.23. The Hall–Kier alpha value is 0.230. The highest BCUT2D eigenvalue weighted by atomic mass is 32.2. The molecular formula is C5H11O3S+.